The molecule has 9 heteroatoms. The van der Waals surface area contributed by atoms with Crippen molar-refractivity contribution in [1.29, 1.82) is 0 Å². The van der Waals surface area contributed by atoms with E-state index in [-0.39, 0.29) is 23.0 Å². The third-order valence-electron chi connectivity index (χ3n) is 2.77. The molecule has 2 aromatic rings. The lowest BCUT2D eigenvalue weighted by molar-refractivity contribution is 0.0945. The number of rotatable bonds is 5. The molecule has 0 radical (unpaired) electrons. The number of aromatic nitrogens is 3. The molecule has 2 aromatic heterocycles. The topological polar surface area (TPSA) is 102 Å². The molecule has 0 saturated carbocycles. The number of nitrogens with one attached hydrogen (secondary N) is 1. The Morgan fingerprint density at radius 2 is 2.14 bits per heavy atom. The number of carbonyl (C=O) groups excluding carboxylic acids is 1. The fraction of sp³-hybridized carbons (Fsp3) is 0.231. The van der Waals surface area contributed by atoms with Crippen molar-refractivity contribution in [1.82, 2.24) is 20.3 Å². The summed E-state index contributed by atoms with van der Waals surface area (Å²) >= 11 is 5.87. The number of sulfone groups is 1. The predicted molar refractivity (Wildman–Crippen MR) is 80.2 cm³/mol. The van der Waals surface area contributed by atoms with Crippen molar-refractivity contribution in [2.75, 3.05) is 5.75 Å². The second-order valence-corrected chi connectivity index (χ2v) is 6.88. The van der Waals surface area contributed by atoms with Crippen molar-refractivity contribution in [3.05, 3.63) is 47.0 Å². The van der Waals surface area contributed by atoms with E-state index >= 15 is 0 Å². The highest BCUT2D eigenvalue weighted by molar-refractivity contribution is 7.91. The van der Waals surface area contributed by atoms with Gasteiger partial charge >= 0.3 is 0 Å². The van der Waals surface area contributed by atoms with Crippen LogP contribution in [-0.4, -0.2) is 35.0 Å². The van der Waals surface area contributed by atoms with E-state index in [1.807, 2.05) is 0 Å². The molecule has 0 saturated heterocycles. The second kappa shape index (κ2) is 6.80. The van der Waals surface area contributed by atoms with Crippen molar-refractivity contribution >= 4 is 27.3 Å². The van der Waals surface area contributed by atoms with Gasteiger partial charge in [-0.3, -0.25) is 9.78 Å². The van der Waals surface area contributed by atoms with Crippen LogP contribution in [0.15, 0.2) is 35.9 Å². The average Bonchev–Trinajstić information content (AvgIpc) is 2.53. The Bertz CT molecular complexity index is 781. The van der Waals surface area contributed by atoms with Crippen LogP contribution in [0.3, 0.4) is 0 Å². The van der Waals surface area contributed by atoms with Gasteiger partial charge in [-0.25, -0.2) is 18.4 Å². The molecule has 1 amide bonds. The Kier molecular flexibility index (Phi) is 5.04. The van der Waals surface area contributed by atoms with Crippen LogP contribution in [0.1, 0.15) is 23.0 Å². The lowest BCUT2D eigenvalue weighted by Gasteiger charge is -2.07. The van der Waals surface area contributed by atoms with Crippen molar-refractivity contribution in [3.8, 4) is 0 Å². The summed E-state index contributed by atoms with van der Waals surface area (Å²) in [5.74, 6) is -0.741. The van der Waals surface area contributed by atoms with Crippen molar-refractivity contribution < 1.29 is 13.2 Å². The molecule has 116 valence electrons. The van der Waals surface area contributed by atoms with Gasteiger partial charge in [0.1, 0.15) is 0 Å². The first-order chi connectivity index (χ1) is 10.4. The monoisotopic (exact) mass is 340 g/mol. The fourth-order valence-electron chi connectivity index (χ4n) is 1.56. The maximum atomic E-state index is 12.1. The minimum absolute atomic E-state index is 0.0151. The van der Waals surface area contributed by atoms with Gasteiger partial charge in [0.15, 0.2) is 5.69 Å². The number of nitrogens with zero attached hydrogens (tertiary/aromatic N) is 3. The molecule has 0 unspecified atom stereocenters. The molecular formula is C13H13ClN4O3S. The maximum absolute atomic E-state index is 12.1. The third kappa shape index (κ3) is 3.77. The zero-order valence-electron chi connectivity index (χ0n) is 11.7. The van der Waals surface area contributed by atoms with Gasteiger partial charge in [0, 0.05) is 18.9 Å². The predicted octanol–water partition coefficient (Wildman–Crippen LogP) is 1.25. The molecular weight excluding hydrogens is 328 g/mol. The summed E-state index contributed by atoms with van der Waals surface area (Å²) in [6.45, 7) is 1.69. The van der Waals surface area contributed by atoms with Gasteiger partial charge in [0.25, 0.3) is 5.91 Å². The van der Waals surface area contributed by atoms with Crippen molar-refractivity contribution in [2.24, 2.45) is 0 Å². The Labute approximate surface area is 132 Å². The van der Waals surface area contributed by atoms with E-state index in [0.29, 0.717) is 0 Å². The molecule has 7 nitrogen and oxygen atoms in total. The molecule has 0 aliphatic carbocycles. The normalized spacial score (nSPS) is 11.2. The largest absolute Gasteiger partial charge is 0.347 e. The zero-order valence-corrected chi connectivity index (χ0v) is 13.2. The highest BCUT2D eigenvalue weighted by atomic mass is 35.5. The van der Waals surface area contributed by atoms with E-state index < -0.39 is 20.9 Å². The number of hydrogen-bond acceptors (Lipinski definition) is 6. The highest BCUT2D eigenvalue weighted by Crippen LogP contribution is 2.15. The molecule has 1 N–H and O–H groups in total. The van der Waals surface area contributed by atoms with E-state index in [1.165, 1.54) is 6.92 Å². The van der Waals surface area contributed by atoms with Crippen molar-refractivity contribution in [2.45, 2.75) is 18.6 Å². The Balaban J connectivity index is 2.20. The first-order valence-corrected chi connectivity index (χ1v) is 8.39. The molecule has 0 aromatic carbocycles. The Hall–Kier alpha value is -2.06. The number of halogens is 1. The lowest BCUT2D eigenvalue weighted by Crippen LogP contribution is -2.25. The van der Waals surface area contributed by atoms with Gasteiger partial charge < -0.3 is 5.32 Å². The van der Waals surface area contributed by atoms with Crippen LogP contribution in [0.2, 0.25) is 5.02 Å². The van der Waals surface area contributed by atoms with Crippen LogP contribution in [0, 0.1) is 0 Å². The molecule has 2 heterocycles. The summed E-state index contributed by atoms with van der Waals surface area (Å²) in [5, 5.41) is 2.18. The van der Waals surface area contributed by atoms with E-state index in [0.717, 1.165) is 11.8 Å². The van der Waals surface area contributed by atoms with E-state index in [4.69, 9.17) is 11.6 Å². The molecule has 0 fully saturated rings. The van der Waals surface area contributed by atoms with Gasteiger partial charge in [0.2, 0.25) is 15.0 Å². The van der Waals surface area contributed by atoms with Gasteiger partial charge in [0.05, 0.1) is 17.0 Å². The smallest absolute Gasteiger partial charge is 0.271 e. The van der Waals surface area contributed by atoms with E-state index in [9.17, 15) is 13.2 Å². The number of pyridine rings is 1. The molecule has 0 bridgehead atoms. The van der Waals surface area contributed by atoms with Gasteiger partial charge in [-0.05, 0) is 11.6 Å². The van der Waals surface area contributed by atoms with E-state index in [2.05, 4.69) is 20.3 Å². The first kappa shape index (κ1) is 16.3. The zero-order chi connectivity index (χ0) is 16.2. The van der Waals surface area contributed by atoms with Crippen LogP contribution in [0.4, 0.5) is 0 Å². The Morgan fingerprint density at radius 1 is 1.36 bits per heavy atom. The molecule has 0 spiro atoms. The quantitative estimate of drug-likeness (QED) is 0.822. The number of hydrogen-bond donors (Lipinski definition) is 1. The summed E-state index contributed by atoms with van der Waals surface area (Å²) in [7, 11) is -3.61. The molecule has 0 aliphatic rings. The highest BCUT2D eigenvalue weighted by Gasteiger charge is 2.20. The maximum Gasteiger partial charge on any atom is 0.271 e. The molecule has 0 atom stereocenters. The van der Waals surface area contributed by atoms with Crippen LogP contribution in [-0.2, 0) is 16.4 Å². The van der Waals surface area contributed by atoms with Crippen LogP contribution in [0.25, 0.3) is 0 Å². The Morgan fingerprint density at radius 3 is 2.77 bits per heavy atom. The minimum Gasteiger partial charge on any atom is -0.347 e. The van der Waals surface area contributed by atoms with Crippen molar-refractivity contribution in [3.63, 3.8) is 0 Å². The third-order valence-corrected chi connectivity index (χ3v) is 4.56. The number of carbonyl (C=O) groups is 1. The standard InChI is InChI=1S/C13H13ClN4O3S/c1-2-22(20,21)13-17-8-10(14)11(18-13)12(19)16-7-9-4-3-5-15-6-9/h3-6,8H,2,7H2,1H3,(H,16,19). The summed E-state index contributed by atoms with van der Waals surface area (Å²) in [5.41, 5.74) is 0.620. The molecule has 2 rings (SSSR count). The van der Waals surface area contributed by atoms with E-state index in [1.54, 1.807) is 24.5 Å². The summed E-state index contributed by atoms with van der Waals surface area (Å²) in [6, 6.07) is 3.53. The van der Waals surface area contributed by atoms with Crippen LogP contribution < -0.4 is 5.32 Å². The van der Waals surface area contributed by atoms with Gasteiger partial charge in [-0.15, -0.1) is 0 Å². The average molecular weight is 341 g/mol. The van der Waals surface area contributed by atoms with Gasteiger partial charge in [-0.1, -0.05) is 24.6 Å². The lowest BCUT2D eigenvalue weighted by atomic mass is 10.3. The SMILES string of the molecule is CCS(=O)(=O)c1ncc(Cl)c(C(=O)NCc2cccnc2)n1. The van der Waals surface area contributed by atoms with Crippen LogP contribution in [0.5, 0.6) is 0 Å². The minimum atomic E-state index is -3.61. The molecule has 0 aliphatic heterocycles. The molecule has 22 heavy (non-hydrogen) atoms. The summed E-state index contributed by atoms with van der Waals surface area (Å²) in [6.07, 6.45) is 4.33. The van der Waals surface area contributed by atoms with Gasteiger partial charge in [-0.2, -0.15) is 0 Å². The summed E-state index contributed by atoms with van der Waals surface area (Å²) < 4.78 is 23.5. The summed E-state index contributed by atoms with van der Waals surface area (Å²) in [4.78, 5) is 23.5. The number of amides is 1. The second-order valence-electron chi connectivity index (χ2n) is 4.30. The first-order valence-electron chi connectivity index (χ1n) is 6.36. The fourth-order valence-corrected chi connectivity index (χ4v) is 2.44. The van der Waals surface area contributed by atoms with Crippen LogP contribution >= 0.6 is 11.6 Å².